The molecule has 12 nitrogen and oxygen atoms in total. The Morgan fingerprint density at radius 2 is 1.80 bits per heavy atom. The fourth-order valence-corrected chi connectivity index (χ4v) is 6.60. The van der Waals surface area contributed by atoms with Crippen molar-refractivity contribution in [2.24, 2.45) is 0 Å². The molecule has 4 heterocycles. The van der Waals surface area contributed by atoms with Crippen LogP contribution in [-0.4, -0.2) is 81.5 Å². The molecule has 2 aliphatic rings. The molecule has 0 N–H and O–H groups in total. The molecular formula is C38H46N6O6. The lowest BCUT2D eigenvalue weighted by Gasteiger charge is -2.42. The number of aromatic nitrogens is 4. The van der Waals surface area contributed by atoms with Gasteiger partial charge in [-0.1, -0.05) is 26.0 Å². The molecule has 12 heteroatoms. The van der Waals surface area contributed by atoms with E-state index in [4.69, 9.17) is 29.2 Å². The van der Waals surface area contributed by atoms with E-state index in [0.29, 0.717) is 40.8 Å². The standard InChI is InChI=1S/C38H46N6O6/c1-22(2)31-33(23(3)15-16-39-31)44-35-29(19-28(25-13-14-25)32(40-35)27-11-9-10-12-30(27)48-8)34(41-36(44)46)42-17-18-43(37(47)50-38(5,6)7)26(20-42)21-49-24(4)45/h9-12,15-16,19,22,25-26H,13-14,17-18,20-21H2,1-8H3. The van der Waals surface area contributed by atoms with E-state index in [2.05, 4.69) is 6.07 Å². The lowest BCUT2D eigenvalue weighted by Crippen LogP contribution is -2.58. The molecule has 0 radical (unpaired) electrons. The zero-order valence-corrected chi connectivity index (χ0v) is 30.1. The summed E-state index contributed by atoms with van der Waals surface area (Å²) in [5.41, 5.74) is 4.23. The van der Waals surface area contributed by atoms with Gasteiger partial charge in [-0.2, -0.15) is 4.98 Å². The number of rotatable bonds is 8. The van der Waals surface area contributed by atoms with Crippen LogP contribution in [0, 0.1) is 6.92 Å². The van der Waals surface area contributed by atoms with Crippen LogP contribution >= 0.6 is 0 Å². The number of carbonyl (C=O) groups excluding carboxylic acids is 2. The van der Waals surface area contributed by atoms with Crippen LogP contribution in [0.1, 0.15) is 83.0 Å². The number of amides is 1. The predicted octanol–water partition coefficient (Wildman–Crippen LogP) is 6.15. The van der Waals surface area contributed by atoms with Gasteiger partial charge < -0.3 is 19.1 Å². The highest BCUT2D eigenvalue weighted by atomic mass is 16.6. The van der Waals surface area contributed by atoms with E-state index in [-0.39, 0.29) is 25.6 Å². The van der Waals surface area contributed by atoms with Crippen molar-refractivity contribution < 1.29 is 23.8 Å². The van der Waals surface area contributed by atoms with Gasteiger partial charge in [-0.05, 0) is 87.8 Å². The summed E-state index contributed by atoms with van der Waals surface area (Å²) >= 11 is 0. The Hall–Kier alpha value is -5.00. The number of piperazine rings is 1. The summed E-state index contributed by atoms with van der Waals surface area (Å²) in [5, 5.41) is 0.708. The second kappa shape index (κ2) is 13.7. The molecule has 264 valence electrons. The van der Waals surface area contributed by atoms with E-state index in [1.807, 2.05) is 76.8 Å². The summed E-state index contributed by atoms with van der Waals surface area (Å²) in [4.78, 5) is 58.0. The summed E-state index contributed by atoms with van der Waals surface area (Å²) in [6, 6.07) is 11.3. The van der Waals surface area contributed by atoms with Crippen LogP contribution in [-0.2, 0) is 14.3 Å². The number of anilines is 1. The first kappa shape index (κ1) is 34.8. The van der Waals surface area contributed by atoms with Gasteiger partial charge in [0.2, 0.25) is 0 Å². The number of aryl methyl sites for hydroxylation is 1. The fourth-order valence-electron chi connectivity index (χ4n) is 6.60. The zero-order chi connectivity index (χ0) is 35.9. The third-order valence-corrected chi connectivity index (χ3v) is 9.07. The number of para-hydroxylation sites is 1. The van der Waals surface area contributed by atoms with Crippen LogP contribution in [0.3, 0.4) is 0 Å². The van der Waals surface area contributed by atoms with Crippen molar-refractivity contribution in [3.8, 4) is 22.7 Å². The van der Waals surface area contributed by atoms with Crippen molar-refractivity contribution in [1.29, 1.82) is 0 Å². The first-order valence-electron chi connectivity index (χ1n) is 17.2. The Morgan fingerprint density at radius 1 is 1.06 bits per heavy atom. The molecule has 0 spiro atoms. The van der Waals surface area contributed by atoms with Gasteiger partial charge in [-0.15, -0.1) is 0 Å². The van der Waals surface area contributed by atoms with E-state index in [9.17, 15) is 14.4 Å². The van der Waals surface area contributed by atoms with E-state index in [0.717, 1.165) is 40.9 Å². The number of ether oxygens (including phenoxy) is 3. The monoisotopic (exact) mass is 682 g/mol. The van der Waals surface area contributed by atoms with Crippen LogP contribution in [0.25, 0.3) is 28.0 Å². The van der Waals surface area contributed by atoms with E-state index < -0.39 is 29.4 Å². The molecular weight excluding hydrogens is 636 g/mol. The minimum Gasteiger partial charge on any atom is -0.496 e. The molecule has 6 rings (SSSR count). The highest BCUT2D eigenvalue weighted by molar-refractivity contribution is 5.92. The van der Waals surface area contributed by atoms with Gasteiger partial charge in [0, 0.05) is 38.3 Å². The number of fused-ring (bicyclic) bond motifs is 1. The van der Waals surface area contributed by atoms with Crippen LogP contribution in [0.2, 0.25) is 0 Å². The summed E-state index contributed by atoms with van der Waals surface area (Å²) < 4.78 is 18.5. The van der Waals surface area contributed by atoms with Crippen molar-refractivity contribution >= 4 is 28.9 Å². The molecule has 3 aromatic heterocycles. The normalized spacial score (nSPS) is 16.5. The van der Waals surface area contributed by atoms with Gasteiger partial charge in [0.15, 0.2) is 5.65 Å². The van der Waals surface area contributed by atoms with E-state index in [1.165, 1.54) is 6.92 Å². The zero-order valence-electron chi connectivity index (χ0n) is 30.1. The summed E-state index contributed by atoms with van der Waals surface area (Å²) in [5.74, 6) is 1.02. The molecule has 1 atom stereocenters. The van der Waals surface area contributed by atoms with Crippen molar-refractivity contribution in [1.82, 2.24) is 24.4 Å². The number of esters is 1. The first-order chi connectivity index (χ1) is 23.8. The average molecular weight is 683 g/mol. The molecule has 1 unspecified atom stereocenters. The Balaban J connectivity index is 1.58. The number of nitrogens with zero attached hydrogens (tertiary/aromatic N) is 6. The lowest BCUT2D eigenvalue weighted by atomic mass is 9.99. The predicted molar refractivity (Wildman–Crippen MR) is 191 cm³/mol. The van der Waals surface area contributed by atoms with Gasteiger partial charge in [0.25, 0.3) is 0 Å². The fraction of sp³-hybridized carbons (Fsp3) is 0.474. The molecule has 1 aliphatic heterocycles. The van der Waals surface area contributed by atoms with Crippen molar-refractivity contribution in [2.45, 2.75) is 84.8 Å². The highest BCUT2D eigenvalue weighted by Crippen LogP contribution is 2.47. The quantitative estimate of drug-likeness (QED) is 0.200. The van der Waals surface area contributed by atoms with Crippen molar-refractivity contribution in [3.63, 3.8) is 0 Å². The van der Waals surface area contributed by atoms with Gasteiger partial charge in [-0.3, -0.25) is 14.7 Å². The van der Waals surface area contributed by atoms with Gasteiger partial charge in [0.05, 0.1) is 35.6 Å². The molecule has 1 saturated heterocycles. The smallest absolute Gasteiger partial charge is 0.410 e. The molecule has 50 heavy (non-hydrogen) atoms. The minimum atomic E-state index is -0.703. The maximum atomic E-state index is 14.4. The number of benzene rings is 1. The number of hydrogen-bond acceptors (Lipinski definition) is 10. The van der Waals surface area contributed by atoms with E-state index >= 15 is 0 Å². The van der Waals surface area contributed by atoms with Crippen LogP contribution in [0.5, 0.6) is 5.75 Å². The van der Waals surface area contributed by atoms with Gasteiger partial charge >= 0.3 is 17.8 Å². The largest absolute Gasteiger partial charge is 0.496 e. The van der Waals surface area contributed by atoms with Crippen LogP contribution < -0.4 is 15.3 Å². The SMILES string of the molecule is COc1ccccc1-c1nc2c(cc1C1CC1)c(N1CCN(C(=O)OC(C)(C)C)C(COC(C)=O)C1)nc(=O)n2-c1c(C)ccnc1C(C)C. The molecule has 1 saturated carbocycles. The van der Waals surface area contributed by atoms with Gasteiger partial charge in [-0.25, -0.2) is 19.1 Å². The van der Waals surface area contributed by atoms with Crippen molar-refractivity contribution in [3.05, 3.63) is 69.9 Å². The second-order valence-corrected chi connectivity index (χ2v) is 14.4. The van der Waals surface area contributed by atoms with Crippen LogP contribution in [0.4, 0.5) is 10.6 Å². The summed E-state index contributed by atoms with van der Waals surface area (Å²) in [6.07, 6.45) is 3.32. The molecule has 1 aromatic carbocycles. The third kappa shape index (κ3) is 7.01. The Morgan fingerprint density at radius 3 is 2.46 bits per heavy atom. The maximum Gasteiger partial charge on any atom is 0.410 e. The summed E-state index contributed by atoms with van der Waals surface area (Å²) in [7, 11) is 1.64. The van der Waals surface area contributed by atoms with Gasteiger partial charge in [0.1, 0.15) is 23.8 Å². The molecule has 4 aromatic rings. The summed E-state index contributed by atoms with van der Waals surface area (Å²) in [6.45, 7) is 13.7. The Bertz CT molecular complexity index is 2000. The van der Waals surface area contributed by atoms with Crippen molar-refractivity contribution in [2.75, 3.05) is 38.3 Å². The second-order valence-electron chi connectivity index (χ2n) is 14.4. The molecule has 1 aliphatic carbocycles. The molecule has 1 amide bonds. The number of pyridine rings is 2. The lowest BCUT2D eigenvalue weighted by molar-refractivity contribution is -0.142. The average Bonchev–Trinajstić information content (AvgIpc) is 3.91. The highest BCUT2D eigenvalue weighted by Gasteiger charge is 2.37. The topological polar surface area (TPSA) is 129 Å². The third-order valence-electron chi connectivity index (χ3n) is 9.07. The van der Waals surface area contributed by atoms with Crippen LogP contribution in [0.15, 0.2) is 47.4 Å². The number of carbonyl (C=O) groups is 2. The Kier molecular flexibility index (Phi) is 9.56. The Labute approximate surface area is 292 Å². The number of methoxy groups -OCH3 is 1. The maximum absolute atomic E-state index is 14.4. The van der Waals surface area contributed by atoms with E-state index in [1.54, 1.807) is 22.8 Å². The molecule has 2 fully saturated rings. The molecule has 0 bridgehead atoms. The number of hydrogen-bond donors (Lipinski definition) is 0. The first-order valence-corrected chi connectivity index (χ1v) is 17.2. The minimum absolute atomic E-state index is 0.0221.